The Morgan fingerprint density at radius 1 is 1.09 bits per heavy atom. The number of fused-ring (bicyclic) bond motifs is 1. The third-order valence-electron chi connectivity index (χ3n) is 5.58. The van der Waals surface area contributed by atoms with Gasteiger partial charge in [-0.15, -0.1) is 0 Å². The van der Waals surface area contributed by atoms with Gasteiger partial charge in [-0.3, -0.25) is 9.52 Å². The molecule has 0 bridgehead atoms. The summed E-state index contributed by atoms with van der Waals surface area (Å²) in [7, 11) is -4.36. The van der Waals surface area contributed by atoms with Gasteiger partial charge in [-0.05, 0) is 36.8 Å². The van der Waals surface area contributed by atoms with Crippen molar-refractivity contribution in [2.75, 3.05) is 22.7 Å². The summed E-state index contributed by atoms with van der Waals surface area (Å²) in [5, 5.41) is 9.90. The van der Waals surface area contributed by atoms with Crippen molar-refractivity contribution < 1.29 is 31.5 Å². The zero-order valence-corrected chi connectivity index (χ0v) is 18.5. The predicted octanol–water partition coefficient (Wildman–Crippen LogP) is 5.22. The molecule has 6 nitrogen and oxygen atoms in total. The maximum Gasteiger partial charge on any atom is 0.417 e. The van der Waals surface area contributed by atoms with Crippen molar-refractivity contribution in [2.45, 2.75) is 17.5 Å². The molecule has 3 aromatic rings. The Hall–Kier alpha value is -2.98. The molecule has 2 N–H and O–H groups in total. The summed E-state index contributed by atoms with van der Waals surface area (Å²) < 4.78 is 67.7. The molecule has 0 amide bonds. The number of hydrogen-bond donors (Lipinski definition) is 2. The van der Waals surface area contributed by atoms with Crippen LogP contribution in [0.15, 0.2) is 59.5 Å². The number of nitrogens with zero attached hydrogens (tertiary/aromatic N) is 1. The second-order valence-corrected chi connectivity index (χ2v) is 9.78. The second-order valence-electron chi connectivity index (χ2n) is 7.69. The van der Waals surface area contributed by atoms with Gasteiger partial charge < -0.3 is 10.0 Å². The van der Waals surface area contributed by atoms with E-state index in [2.05, 4.69) is 4.72 Å². The van der Waals surface area contributed by atoms with Crippen molar-refractivity contribution in [1.82, 2.24) is 0 Å². The van der Waals surface area contributed by atoms with Gasteiger partial charge in [-0.2, -0.15) is 13.2 Å². The predicted molar refractivity (Wildman–Crippen MR) is 119 cm³/mol. The summed E-state index contributed by atoms with van der Waals surface area (Å²) in [6.07, 6.45) is -4.31. The Morgan fingerprint density at radius 2 is 1.79 bits per heavy atom. The fraction of sp³-hybridized carbons (Fsp3) is 0.227. The van der Waals surface area contributed by atoms with Gasteiger partial charge in [0.25, 0.3) is 10.0 Å². The van der Waals surface area contributed by atoms with Crippen molar-refractivity contribution in [3.63, 3.8) is 0 Å². The lowest BCUT2D eigenvalue weighted by Gasteiger charge is -2.22. The number of carboxylic acid groups (broad SMARTS) is 1. The summed E-state index contributed by atoms with van der Waals surface area (Å²) in [6.45, 7) is 0.867. The van der Waals surface area contributed by atoms with Crippen LogP contribution in [0.4, 0.5) is 24.5 Å². The number of aliphatic carboxylic acids is 1. The van der Waals surface area contributed by atoms with Gasteiger partial charge in [0.1, 0.15) is 0 Å². The molecule has 0 unspecified atom stereocenters. The minimum absolute atomic E-state index is 0.187. The highest BCUT2D eigenvalue weighted by Crippen LogP contribution is 2.38. The van der Waals surface area contributed by atoms with E-state index in [-0.39, 0.29) is 5.69 Å². The largest absolute Gasteiger partial charge is 0.481 e. The van der Waals surface area contributed by atoms with Crippen molar-refractivity contribution in [3.8, 4) is 0 Å². The lowest BCUT2D eigenvalue weighted by Crippen LogP contribution is -2.23. The van der Waals surface area contributed by atoms with Crippen molar-refractivity contribution in [1.29, 1.82) is 0 Å². The molecule has 1 aliphatic rings. The number of carbonyl (C=O) groups is 1. The molecule has 0 aliphatic carbocycles. The lowest BCUT2D eigenvalue weighted by molar-refractivity contribution is -0.141. The van der Waals surface area contributed by atoms with Crippen LogP contribution in [0.3, 0.4) is 0 Å². The van der Waals surface area contributed by atoms with Crippen molar-refractivity contribution in [3.05, 3.63) is 65.2 Å². The molecule has 174 valence electrons. The summed E-state index contributed by atoms with van der Waals surface area (Å²) in [5.41, 5.74) is -0.302. The molecule has 0 saturated carbocycles. The number of hydrogen-bond acceptors (Lipinski definition) is 4. The van der Waals surface area contributed by atoms with Crippen LogP contribution < -0.4 is 9.62 Å². The molecule has 1 saturated heterocycles. The smallest absolute Gasteiger partial charge is 0.417 e. The van der Waals surface area contributed by atoms with E-state index in [0.29, 0.717) is 36.3 Å². The fourth-order valence-corrected chi connectivity index (χ4v) is 5.25. The SMILES string of the molecule is O=C(O)[C@H]1CCN(c2ccc(NS(=O)(=O)c3ccc(Cl)c(C(F)(F)F)c3)c3ccccc23)C1. The van der Waals surface area contributed by atoms with Crippen LogP contribution in [-0.4, -0.2) is 32.6 Å². The standard InChI is InChI=1S/C22H18ClF3N2O4S/c23-18-6-5-14(11-17(18)22(24,25)26)33(31,32)27-19-7-8-20(16-4-2-1-3-15(16)19)28-10-9-13(12-28)21(29)30/h1-8,11,13,27H,9-10,12H2,(H,29,30)/t13-/m0/s1. The van der Waals surface area contributed by atoms with Crippen LogP contribution in [0.5, 0.6) is 0 Å². The number of benzene rings is 3. The summed E-state index contributed by atoms with van der Waals surface area (Å²) in [6, 6.07) is 12.5. The van der Waals surface area contributed by atoms with Crippen LogP contribution in [-0.2, 0) is 21.0 Å². The Kier molecular flexibility index (Phi) is 5.92. The monoisotopic (exact) mass is 498 g/mol. The Morgan fingerprint density at radius 3 is 2.42 bits per heavy atom. The number of carboxylic acids is 1. The van der Waals surface area contributed by atoms with Gasteiger partial charge in [0.05, 0.1) is 27.1 Å². The second kappa shape index (κ2) is 8.42. The highest BCUT2D eigenvalue weighted by molar-refractivity contribution is 7.92. The van der Waals surface area contributed by atoms with Crippen LogP contribution in [0.25, 0.3) is 10.8 Å². The van der Waals surface area contributed by atoms with Gasteiger partial charge in [0.15, 0.2) is 0 Å². The van der Waals surface area contributed by atoms with E-state index < -0.39 is 43.6 Å². The summed E-state index contributed by atoms with van der Waals surface area (Å²) in [4.78, 5) is 12.7. The number of sulfonamides is 1. The normalized spacial score (nSPS) is 16.8. The zero-order chi connectivity index (χ0) is 24.0. The maximum atomic E-state index is 13.2. The number of nitrogens with one attached hydrogen (secondary N) is 1. The zero-order valence-electron chi connectivity index (χ0n) is 16.9. The summed E-state index contributed by atoms with van der Waals surface area (Å²) in [5.74, 6) is -1.36. The van der Waals surface area contributed by atoms with Gasteiger partial charge in [-0.25, -0.2) is 8.42 Å². The Balaban J connectivity index is 1.71. The first-order valence-electron chi connectivity index (χ1n) is 9.86. The average Bonchev–Trinajstić information content (AvgIpc) is 3.23. The molecule has 11 heteroatoms. The molecule has 3 aromatic carbocycles. The van der Waals surface area contributed by atoms with E-state index in [1.165, 1.54) is 6.07 Å². The Bertz CT molecular complexity index is 1350. The van der Waals surface area contributed by atoms with Gasteiger partial charge in [0.2, 0.25) is 0 Å². The molecule has 1 heterocycles. The molecule has 0 aromatic heterocycles. The van der Waals surface area contributed by atoms with Crippen molar-refractivity contribution in [2.24, 2.45) is 5.92 Å². The highest BCUT2D eigenvalue weighted by atomic mass is 35.5. The first-order chi connectivity index (χ1) is 15.5. The van der Waals surface area contributed by atoms with E-state index in [0.717, 1.165) is 17.8 Å². The maximum absolute atomic E-state index is 13.2. The van der Waals surface area contributed by atoms with E-state index in [1.807, 2.05) is 4.90 Å². The first kappa shape index (κ1) is 23.2. The third kappa shape index (κ3) is 4.58. The van der Waals surface area contributed by atoms with Gasteiger partial charge in [-0.1, -0.05) is 35.9 Å². The molecule has 1 fully saturated rings. The molecule has 1 aliphatic heterocycles. The third-order valence-corrected chi connectivity index (χ3v) is 7.27. The van der Waals surface area contributed by atoms with E-state index in [4.69, 9.17) is 11.6 Å². The highest BCUT2D eigenvalue weighted by Gasteiger charge is 2.35. The molecule has 0 spiro atoms. The topological polar surface area (TPSA) is 86.7 Å². The molecule has 4 rings (SSSR count). The van der Waals surface area contributed by atoms with Crippen molar-refractivity contribution >= 4 is 49.7 Å². The quantitative estimate of drug-likeness (QED) is 0.503. The number of rotatable bonds is 5. The lowest BCUT2D eigenvalue weighted by atomic mass is 10.1. The minimum Gasteiger partial charge on any atom is -0.481 e. The van der Waals surface area contributed by atoms with Crippen LogP contribution in [0.1, 0.15) is 12.0 Å². The molecule has 1 atom stereocenters. The Labute approximate surface area is 192 Å². The molecular weight excluding hydrogens is 481 g/mol. The molecule has 33 heavy (non-hydrogen) atoms. The number of halogens is 4. The van der Waals surface area contributed by atoms with Crippen LogP contribution in [0.2, 0.25) is 5.02 Å². The van der Waals surface area contributed by atoms with Crippen LogP contribution >= 0.6 is 11.6 Å². The number of anilines is 2. The minimum atomic E-state index is -4.81. The van der Waals surface area contributed by atoms with Crippen LogP contribution in [0, 0.1) is 5.92 Å². The van der Waals surface area contributed by atoms with E-state index in [9.17, 15) is 31.5 Å². The molecule has 0 radical (unpaired) electrons. The number of alkyl halides is 3. The average molecular weight is 499 g/mol. The fourth-order valence-electron chi connectivity index (χ4n) is 3.92. The van der Waals surface area contributed by atoms with E-state index >= 15 is 0 Å². The van der Waals surface area contributed by atoms with E-state index in [1.54, 1.807) is 30.3 Å². The molecular formula is C22H18ClF3N2O4S. The van der Waals surface area contributed by atoms with Gasteiger partial charge >= 0.3 is 12.1 Å². The summed E-state index contributed by atoms with van der Waals surface area (Å²) >= 11 is 5.60. The van der Waals surface area contributed by atoms with Gasteiger partial charge in [0, 0.05) is 29.5 Å². The first-order valence-corrected chi connectivity index (χ1v) is 11.7.